The van der Waals surface area contributed by atoms with E-state index in [2.05, 4.69) is 25.4 Å². The summed E-state index contributed by atoms with van der Waals surface area (Å²) in [5.41, 5.74) is 2.87. The maximum Gasteiger partial charge on any atom is 0.246 e. The molecule has 35 heavy (non-hydrogen) atoms. The van der Waals surface area contributed by atoms with Crippen molar-refractivity contribution in [3.8, 4) is 11.3 Å². The molecule has 5 rings (SSSR count). The second kappa shape index (κ2) is 9.64. The summed E-state index contributed by atoms with van der Waals surface area (Å²) in [7, 11) is -1.88. The number of rotatable bonds is 8. The molecule has 1 N–H and O–H groups in total. The average molecular weight is 497 g/mol. The molecule has 0 amide bonds. The van der Waals surface area contributed by atoms with Gasteiger partial charge in [0.15, 0.2) is 5.82 Å². The van der Waals surface area contributed by atoms with Crippen LogP contribution in [0.15, 0.2) is 54.9 Å². The number of hydrogen-bond donors (Lipinski definition) is 1. The number of sulfonamides is 1. The fourth-order valence-electron chi connectivity index (χ4n) is 4.04. The van der Waals surface area contributed by atoms with Gasteiger partial charge in [0.2, 0.25) is 16.0 Å². The molecule has 0 spiro atoms. The molecule has 4 heterocycles. The Bertz CT molecular complexity index is 1430. The number of ether oxygens (including phenoxy) is 1. The lowest BCUT2D eigenvalue weighted by atomic mass is 10.1. The third-order valence-corrected chi connectivity index (χ3v) is 7.24. The van der Waals surface area contributed by atoms with Crippen molar-refractivity contribution in [2.24, 2.45) is 0 Å². The number of nitrogens with zero attached hydrogens (tertiary/aromatic N) is 7. The Kier molecular flexibility index (Phi) is 6.41. The normalized spacial score (nSPS) is 14.9. The quantitative estimate of drug-likeness (QED) is 0.395. The van der Waals surface area contributed by atoms with E-state index >= 15 is 0 Å². The lowest BCUT2D eigenvalue weighted by Crippen LogP contribution is -2.38. The lowest BCUT2D eigenvalue weighted by molar-refractivity contribution is 0.0360. The molecule has 184 valence electrons. The molecule has 0 saturated carbocycles. The van der Waals surface area contributed by atoms with Gasteiger partial charge in [0.05, 0.1) is 49.1 Å². The number of aromatic nitrogens is 5. The summed E-state index contributed by atoms with van der Waals surface area (Å²) in [6.07, 6.45) is 4.83. The predicted molar refractivity (Wildman–Crippen MR) is 134 cm³/mol. The Balaban J connectivity index is 1.37. The number of benzene rings is 1. The molecule has 3 aromatic heterocycles. The average Bonchev–Trinajstić information content (AvgIpc) is 3.49. The van der Waals surface area contributed by atoms with Crippen molar-refractivity contribution >= 4 is 33.0 Å². The maximum absolute atomic E-state index is 12.2. The molecule has 0 bridgehead atoms. The molecular formula is C23H28N8O3S. The van der Waals surface area contributed by atoms with E-state index in [-0.39, 0.29) is 0 Å². The second-order valence-electron chi connectivity index (χ2n) is 8.43. The monoisotopic (exact) mass is 496 g/mol. The van der Waals surface area contributed by atoms with E-state index in [1.54, 1.807) is 23.8 Å². The van der Waals surface area contributed by atoms with E-state index in [0.717, 1.165) is 56.2 Å². The van der Waals surface area contributed by atoms with Crippen molar-refractivity contribution in [2.45, 2.75) is 6.54 Å². The fraction of sp³-hybridized carbons (Fsp3) is 0.348. The van der Waals surface area contributed by atoms with Gasteiger partial charge in [-0.2, -0.15) is 5.10 Å². The maximum atomic E-state index is 12.2. The van der Waals surface area contributed by atoms with Crippen LogP contribution in [0, 0.1) is 0 Å². The highest BCUT2D eigenvalue weighted by atomic mass is 32.2. The molecule has 1 aliphatic rings. The topological polar surface area (TPSA) is 110 Å². The van der Waals surface area contributed by atoms with Gasteiger partial charge in [-0.3, -0.25) is 13.9 Å². The number of fused-ring (bicyclic) bond motifs is 1. The van der Waals surface area contributed by atoms with Crippen molar-refractivity contribution in [2.75, 3.05) is 55.8 Å². The minimum Gasteiger partial charge on any atom is -0.379 e. The van der Waals surface area contributed by atoms with Gasteiger partial charge in [0, 0.05) is 44.5 Å². The smallest absolute Gasteiger partial charge is 0.246 e. The van der Waals surface area contributed by atoms with Crippen molar-refractivity contribution in [1.29, 1.82) is 0 Å². The zero-order valence-corrected chi connectivity index (χ0v) is 20.5. The predicted octanol–water partition coefficient (Wildman–Crippen LogP) is 2.06. The van der Waals surface area contributed by atoms with Gasteiger partial charge in [-0.15, -0.1) is 5.10 Å². The van der Waals surface area contributed by atoms with Crippen LogP contribution < -0.4 is 9.62 Å². The number of para-hydroxylation sites is 1. The first-order valence-corrected chi connectivity index (χ1v) is 13.2. The van der Waals surface area contributed by atoms with Crippen LogP contribution in [-0.4, -0.2) is 83.8 Å². The van der Waals surface area contributed by atoms with Crippen LogP contribution in [0.5, 0.6) is 0 Å². The third-order valence-electron chi connectivity index (χ3n) is 6.04. The Morgan fingerprint density at radius 1 is 1.06 bits per heavy atom. The van der Waals surface area contributed by atoms with E-state index < -0.39 is 10.0 Å². The molecule has 1 saturated heterocycles. The molecule has 0 aliphatic carbocycles. The Hall–Kier alpha value is -3.48. The van der Waals surface area contributed by atoms with Gasteiger partial charge in [0.1, 0.15) is 0 Å². The first kappa shape index (κ1) is 23.3. The van der Waals surface area contributed by atoms with Gasteiger partial charge < -0.3 is 10.1 Å². The molecule has 0 radical (unpaired) electrons. The zero-order valence-electron chi connectivity index (χ0n) is 19.7. The Morgan fingerprint density at radius 2 is 1.86 bits per heavy atom. The van der Waals surface area contributed by atoms with Crippen LogP contribution in [0.3, 0.4) is 0 Å². The van der Waals surface area contributed by atoms with Gasteiger partial charge >= 0.3 is 0 Å². The van der Waals surface area contributed by atoms with Crippen molar-refractivity contribution < 1.29 is 13.2 Å². The van der Waals surface area contributed by atoms with E-state index in [4.69, 9.17) is 4.74 Å². The summed E-state index contributed by atoms with van der Waals surface area (Å²) in [5, 5.41) is 12.4. The number of anilines is 3. The van der Waals surface area contributed by atoms with E-state index in [1.165, 1.54) is 10.6 Å². The molecule has 0 unspecified atom stereocenters. The minimum atomic E-state index is -3.42. The molecule has 0 atom stereocenters. The standard InChI is InChI=1S/C23H28N8O3S/c1-28(35(2,32)33)20-6-4-3-5-19(20)21-8-7-18-17-24-23(27-31(18)21)25-22-9-10-30(26-22)12-11-29-13-15-34-16-14-29/h3-10,17H,11-16H2,1-2H3,(H,25,26,27). The summed E-state index contributed by atoms with van der Waals surface area (Å²) in [5.74, 6) is 1.04. The highest BCUT2D eigenvalue weighted by Gasteiger charge is 2.19. The van der Waals surface area contributed by atoms with Crippen molar-refractivity contribution in [3.63, 3.8) is 0 Å². The molecule has 1 fully saturated rings. The largest absolute Gasteiger partial charge is 0.379 e. The van der Waals surface area contributed by atoms with Crippen LogP contribution in [0.4, 0.5) is 17.5 Å². The van der Waals surface area contributed by atoms with Crippen LogP contribution in [0.2, 0.25) is 0 Å². The summed E-state index contributed by atoms with van der Waals surface area (Å²) in [6.45, 7) is 5.16. The van der Waals surface area contributed by atoms with Gasteiger partial charge in [-0.1, -0.05) is 18.2 Å². The summed E-state index contributed by atoms with van der Waals surface area (Å²) >= 11 is 0. The first-order chi connectivity index (χ1) is 16.9. The minimum absolute atomic E-state index is 0.391. The van der Waals surface area contributed by atoms with Crippen LogP contribution >= 0.6 is 0 Å². The number of morpholine rings is 1. The molecule has 4 aromatic rings. The molecule has 11 nitrogen and oxygen atoms in total. The van der Waals surface area contributed by atoms with E-state index in [1.807, 2.05) is 47.3 Å². The van der Waals surface area contributed by atoms with Crippen molar-refractivity contribution in [1.82, 2.24) is 29.3 Å². The molecule has 1 aliphatic heterocycles. The van der Waals surface area contributed by atoms with Crippen LogP contribution in [-0.2, 0) is 21.3 Å². The zero-order chi connectivity index (χ0) is 24.4. The SMILES string of the molecule is CN(c1ccccc1-c1ccc2cnc(Nc3ccn(CCN4CCOCC4)n3)nn12)S(C)(=O)=O. The Morgan fingerprint density at radius 3 is 2.66 bits per heavy atom. The highest BCUT2D eigenvalue weighted by Crippen LogP contribution is 2.32. The van der Waals surface area contributed by atoms with Crippen LogP contribution in [0.1, 0.15) is 0 Å². The van der Waals surface area contributed by atoms with Crippen LogP contribution in [0.25, 0.3) is 16.8 Å². The Labute approximate surface area is 204 Å². The second-order valence-corrected chi connectivity index (χ2v) is 10.4. The summed E-state index contributed by atoms with van der Waals surface area (Å²) in [6, 6.07) is 13.0. The van der Waals surface area contributed by atoms with Gasteiger partial charge in [0.25, 0.3) is 0 Å². The van der Waals surface area contributed by atoms with Gasteiger partial charge in [-0.05, 0) is 18.2 Å². The van der Waals surface area contributed by atoms with Gasteiger partial charge in [-0.25, -0.2) is 17.9 Å². The molecular weight excluding hydrogens is 468 g/mol. The number of nitrogens with one attached hydrogen (secondary N) is 1. The molecule has 12 heteroatoms. The lowest BCUT2D eigenvalue weighted by Gasteiger charge is -2.26. The molecule has 1 aromatic carbocycles. The van der Waals surface area contributed by atoms with E-state index in [0.29, 0.717) is 17.5 Å². The summed E-state index contributed by atoms with van der Waals surface area (Å²) < 4.78 is 34.7. The fourth-order valence-corrected chi connectivity index (χ4v) is 4.56. The number of hydrogen-bond acceptors (Lipinski definition) is 8. The first-order valence-electron chi connectivity index (χ1n) is 11.4. The highest BCUT2D eigenvalue weighted by molar-refractivity contribution is 7.92. The van der Waals surface area contributed by atoms with E-state index in [9.17, 15) is 8.42 Å². The van der Waals surface area contributed by atoms with Crippen molar-refractivity contribution in [3.05, 3.63) is 54.9 Å². The summed E-state index contributed by atoms with van der Waals surface area (Å²) in [4.78, 5) is 6.78. The third kappa shape index (κ3) is 5.14.